The van der Waals surface area contributed by atoms with Gasteiger partial charge in [-0.3, -0.25) is 0 Å². The molecule has 3 rings (SSSR count). The maximum absolute atomic E-state index is 2.38. The van der Waals surface area contributed by atoms with Crippen molar-refractivity contribution in [3.8, 4) is 0 Å². The third-order valence-corrected chi connectivity index (χ3v) is 4.71. The fraction of sp³-hybridized carbons (Fsp3) is 0.304. The van der Waals surface area contributed by atoms with Crippen molar-refractivity contribution in [2.24, 2.45) is 5.92 Å². The van der Waals surface area contributed by atoms with E-state index in [9.17, 15) is 0 Å². The summed E-state index contributed by atoms with van der Waals surface area (Å²) in [5.74, 6) is 0.492. The molecule has 0 amide bonds. The largest absolute Gasteiger partial charge is 0.0839 e. The van der Waals surface area contributed by atoms with Crippen LogP contribution in [0, 0.1) is 12.8 Å². The Morgan fingerprint density at radius 2 is 1.57 bits per heavy atom. The molecule has 0 nitrogen and oxygen atoms in total. The number of rotatable bonds is 3. The first-order valence-corrected chi connectivity index (χ1v) is 8.67. The number of allylic oxidation sites excluding steroid dienone is 4. The van der Waals surface area contributed by atoms with E-state index in [1.165, 1.54) is 16.7 Å². The first kappa shape index (κ1) is 17.3. The van der Waals surface area contributed by atoms with E-state index in [-0.39, 0.29) is 5.41 Å². The lowest BCUT2D eigenvalue weighted by Gasteiger charge is -2.38. The molecule has 0 saturated carbocycles. The minimum absolute atomic E-state index is 0.00847. The number of hydrogen-bond acceptors (Lipinski definition) is 0. The van der Waals surface area contributed by atoms with Gasteiger partial charge in [0.2, 0.25) is 0 Å². The van der Waals surface area contributed by atoms with E-state index in [1.807, 2.05) is 13.8 Å². The van der Waals surface area contributed by atoms with Crippen molar-refractivity contribution in [2.75, 3.05) is 0 Å². The van der Waals surface area contributed by atoms with Crippen LogP contribution in [0.4, 0.5) is 0 Å². The SMILES string of the molecule is CC.Cc1cccc(C(C)(c2ccccc2)C2C=CC=CC2)c1. The lowest BCUT2D eigenvalue weighted by Crippen LogP contribution is -2.32. The van der Waals surface area contributed by atoms with Gasteiger partial charge in [0.1, 0.15) is 0 Å². The highest BCUT2D eigenvalue weighted by Crippen LogP contribution is 2.42. The molecule has 120 valence electrons. The van der Waals surface area contributed by atoms with Crippen molar-refractivity contribution in [3.05, 3.63) is 95.6 Å². The number of hydrogen-bond donors (Lipinski definition) is 0. The van der Waals surface area contributed by atoms with Crippen molar-refractivity contribution in [1.29, 1.82) is 0 Å². The summed E-state index contributed by atoms with van der Waals surface area (Å²) in [5.41, 5.74) is 4.12. The third kappa shape index (κ3) is 3.64. The summed E-state index contributed by atoms with van der Waals surface area (Å²) >= 11 is 0. The van der Waals surface area contributed by atoms with Crippen molar-refractivity contribution in [2.45, 2.75) is 39.5 Å². The Hall–Kier alpha value is -2.08. The standard InChI is InChI=1S/C21H22.C2H6/c1-17-10-9-15-20(16-17)21(2,18-11-5-3-6-12-18)19-13-7-4-8-14-19;1-2/h3-13,15-16,19H,14H2,1-2H3;1-2H3. The minimum atomic E-state index is 0.00847. The van der Waals surface area contributed by atoms with Gasteiger partial charge < -0.3 is 0 Å². The van der Waals surface area contributed by atoms with Crippen LogP contribution >= 0.6 is 0 Å². The van der Waals surface area contributed by atoms with Gasteiger partial charge in [-0.05, 0) is 30.4 Å². The quantitative estimate of drug-likeness (QED) is 0.610. The van der Waals surface area contributed by atoms with Crippen LogP contribution in [0.2, 0.25) is 0 Å². The summed E-state index contributed by atoms with van der Waals surface area (Å²) in [7, 11) is 0. The van der Waals surface area contributed by atoms with Crippen molar-refractivity contribution < 1.29 is 0 Å². The highest BCUT2D eigenvalue weighted by Gasteiger charge is 2.36. The number of benzene rings is 2. The molecular formula is C23H28. The second-order valence-corrected chi connectivity index (χ2v) is 6.09. The van der Waals surface area contributed by atoms with Crippen LogP contribution in [0.25, 0.3) is 0 Å². The summed E-state index contributed by atoms with van der Waals surface area (Å²) < 4.78 is 0. The zero-order chi connectivity index (χ0) is 16.7. The second-order valence-electron chi connectivity index (χ2n) is 6.09. The molecule has 0 aromatic heterocycles. The van der Waals surface area contributed by atoms with E-state index < -0.39 is 0 Å². The van der Waals surface area contributed by atoms with E-state index in [2.05, 4.69) is 92.7 Å². The first-order chi connectivity index (χ1) is 11.2. The molecule has 2 aromatic rings. The normalized spacial score (nSPS) is 18.7. The molecule has 0 aliphatic heterocycles. The molecule has 0 heteroatoms. The van der Waals surface area contributed by atoms with Gasteiger partial charge in [0.15, 0.2) is 0 Å². The van der Waals surface area contributed by atoms with Crippen LogP contribution in [-0.2, 0) is 5.41 Å². The van der Waals surface area contributed by atoms with Gasteiger partial charge in [-0.25, -0.2) is 0 Å². The van der Waals surface area contributed by atoms with E-state index in [4.69, 9.17) is 0 Å². The summed E-state index contributed by atoms with van der Waals surface area (Å²) in [6, 6.07) is 19.8. The van der Waals surface area contributed by atoms with Gasteiger partial charge >= 0.3 is 0 Å². The molecule has 1 aliphatic rings. The molecule has 1 aliphatic carbocycles. The molecule has 2 atom stereocenters. The molecule has 0 saturated heterocycles. The maximum Gasteiger partial charge on any atom is 0.0240 e. The molecule has 0 radical (unpaired) electrons. The topological polar surface area (TPSA) is 0 Å². The average Bonchev–Trinajstić information content (AvgIpc) is 2.64. The van der Waals surface area contributed by atoms with Crippen LogP contribution < -0.4 is 0 Å². The second kappa shape index (κ2) is 7.97. The van der Waals surface area contributed by atoms with Crippen molar-refractivity contribution in [1.82, 2.24) is 0 Å². The van der Waals surface area contributed by atoms with Crippen molar-refractivity contribution >= 4 is 0 Å². The van der Waals surface area contributed by atoms with Gasteiger partial charge in [0.05, 0.1) is 0 Å². The van der Waals surface area contributed by atoms with Crippen LogP contribution in [0.15, 0.2) is 78.9 Å². The Labute approximate surface area is 141 Å². The lowest BCUT2D eigenvalue weighted by atomic mass is 9.65. The van der Waals surface area contributed by atoms with Crippen LogP contribution in [0.3, 0.4) is 0 Å². The molecule has 2 aromatic carbocycles. The predicted octanol–water partition coefficient (Wildman–Crippen LogP) is 6.46. The summed E-state index contributed by atoms with van der Waals surface area (Å²) in [6.07, 6.45) is 10.1. The lowest BCUT2D eigenvalue weighted by molar-refractivity contribution is 0.415. The van der Waals surface area contributed by atoms with E-state index in [0.29, 0.717) is 5.92 Å². The Balaban J connectivity index is 0.000000924. The van der Waals surface area contributed by atoms with E-state index in [0.717, 1.165) is 6.42 Å². The Morgan fingerprint density at radius 1 is 0.870 bits per heavy atom. The Kier molecular flexibility index (Phi) is 5.98. The summed E-state index contributed by atoms with van der Waals surface area (Å²) in [6.45, 7) is 8.55. The monoisotopic (exact) mass is 304 g/mol. The van der Waals surface area contributed by atoms with Gasteiger partial charge in [0, 0.05) is 5.41 Å². The van der Waals surface area contributed by atoms with E-state index >= 15 is 0 Å². The van der Waals surface area contributed by atoms with Crippen LogP contribution in [0.1, 0.15) is 43.9 Å². The van der Waals surface area contributed by atoms with Crippen LogP contribution in [-0.4, -0.2) is 0 Å². The molecule has 0 spiro atoms. The minimum Gasteiger partial charge on any atom is -0.0839 e. The molecule has 0 bridgehead atoms. The fourth-order valence-corrected chi connectivity index (χ4v) is 3.36. The zero-order valence-electron chi connectivity index (χ0n) is 14.8. The van der Waals surface area contributed by atoms with Gasteiger partial charge in [-0.15, -0.1) is 0 Å². The molecule has 23 heavy (non-hydrogen) atoms. The van der Waals surface area contributed by atoms with Crippen molar-refractivity contribution in [3.63, 3.8) is 0 Å². The first-order valence-electron chi connectivity index (χ1n) is 8.67. The van der Waals surface area contributed by atoms with Gasteiger partial charge in [-0.2, -0.15) is 0 Å². The predicted molar refractivity (Wildman–Crippen MR) is 102 cm³/mol. The Morgan fingerprint density at radius 3 is 2.17 bits per heavy atom. The number of aryl methyl sites for hydroxylation is 1. The summed E-state index contributed by atoms with van der Waals surface area (Å²) in [5, 5.41) is 0. The molecular weight excluding hydrogens is 276 g/mol. The highest BCUT2D eigenvalue weighted by atomic mass is 14.4. The Bertz CT molecular complexity index is 663. The van der Waals surface area contributed by atoms with Gasteiger partial charge in [0.25, 0.3) is 0 Å². The van der Waals surface area contributed by atoms with E-state index in [1.54, 1.807) is 0 Å². The molecule has 2 unspecified atom stereocenters. The summed E-state index contributed by atoms with van der Waals surface area (Å²) in [4.78, 5) is 0. The maximum atomic E-state index is 2.38. The van der Waals surface area contributed by atoms with Crippen LogP contribution in [0.5, 0.6) is 0 Å². The molecule has 0 fully saturated rings. The zero-order valence-corrected chi connectivity index (χ0v) is 14.8. The fourth-order valence-electron chi connectivity index (χ4n) is 3.36. The molecule has 0 heterocycles. The van der Waals surface area contributed by atoms with Gasteiger partial charge in [-0.1, -0.05) is 105 Å². The average molecular weight is 304 g/mol. The third-order valence-electron chi connectivity index (χ3n) is 4.71. The smallest absolute Gasteiger partial charge is 0.0240 e. The highest BCUT2D eigenvalue weighted by molar-refractivity contribution is 5.43. The molecule has 0 N–H and O–H groups in total.